The van der Waals surface area contributed by atoms with Crippen LogP contribution < -0.4 is 5.32 Å². The quantitative estimate of drug-likeness (QED) is 0.787. The van der Waals surface area contributed by atoms with Crippen molar-refractivity contribution in [2.75, 3.05) is 13.1 Å². The van der Waals surface area contributed by atoms with Crippen molar-refractivity contribution in [2.45, 2.75) is 18.8 Å². The van der Waals surface area contributed by atoms with Gasteiger partial charge in [-0.15, -0.1) is 0 Å². The minimum atomic E-state index is 0.562. The zero-order valence-corrected chi connectivity index (χ0v) is 12.4. The third-order valence-electron chi connectivity index (χ3n) is 4.33. The highest BCUT2D eigenvalue weighted by Crippen LogP contribution is 2.26. The molecule has 1 fully saturated rings. The second-order valence-corrected chi connectivity index (χ2v) is 5.77. The molecule has 1 saturated heterocycles. The smallest absolute Gasteiger partial charge is 0.159 e. The van der Waals surface area contributed by atoms with Gasteiger partial charge < -0.3 is 5.32 Å². The van der Waals surface area contributed by atoms with Crippen LogP contribution in [0.25, 0.3) is 22.2 Å². The predicted octanol–water partition coefficient (Wildman–Crippen LogP) is 3.16. The standard InChI is InChI=1S/C18H18N4/c1-2-17(14-5-9-20-10-6-14)22-18-15(1)11-16(12-21-18)13-3-7-19-8-4-13/h1-4,7-8,11-12,14,20H,5-6,9-10H2. The molecule has 1 aliphatic heterocycles. The fourth-order valence-corrected chi connectivity index (χ4v) is 3.07. The molecule has 4 heterocycles. The van der Waals surface area contributed by atoms with Crippen molar-refractivity contribution < 1.29 is 0 Å². The molecular weight excluding hydrogens is 272 g/mol. The normalized spacial score (nSPS) is 16.0. The van der Waals surface area contributed by atoms with E-state index in [0.717, 1.165) is 48.1 Å². The molecule has 3 aromatic rings. The largest absolute Gasteiger partial charge is 0.317 e. The predicted molar refractivity (Wildman–Crippen MR) is 87.6 cm³/mol. The molecule has 0 amide bonds. The summed E-state index contributed by atoms with van der Waals surface area (Å²) in [5.74, 6) is 0.562. The van der Waals surface area contributed by atoms with Gasteiger partial charge in [0, 0.05) is 41.2 Å². The molecule has 1 N–H and O–H groups in total. The van der Waals surface area contributed by atoms with Gasteiger partial charge in [-0.05, 0) is 61.8 Å². The summed E-state index contributed by atoms with van der Waals surface area (Å²) < 4.78 is 0. The number of aromatic nitrogens is 3. The molecular formula is C18H18N4. The Balaban J connectivity index is 1.70. The lowest BCUT2D eigenvalue weighted by Gasteiger charge is -2.22. The van der Waals surface area contributed by atoms with Crippen LogP contribution in [0.1, 0.15) is 24.5 Å². The number of piperidine rings is 1. The molecule has 0 aliphatic carbocycles. The Labute approximate surface area is 129 Å². The lowest BCUT2D eigenvalue weighted by atomic mass is 9.94. The maximum Gasteiger partial charge on any atom is 0.159 e. The first-order valence-corrected chi connectivity index (χ1v) is 7.78. The molecule has 1 aliphatic rings. The molecule has 0 aromatic carbocycles. The van der Waals surface area contributed by atoms with Crippen LogP contribution in [-0.4, -0.2) is 28.0 Å². The molecule has 0 saturated carbocycles. The molecule has 0 atom stereocenters. The third kappa shape index (κ3) is 2.57. The van der Waals surface area contributed by atoms with Crippen molar-refractivity contribution in [3.63, 3.8) is 0 Å². The van der Waals surface area contributed by atoms with Gasteiger partial charge in [0.05, 0.1) is 0 Å². The summed E-state index contributed by atoms with van der Waals surface area (Å²) >= 11 is 0. The number of hydrogen-bond acceptors (Lipinski definition) is 4. The van der Waals surface area contributed by atoms with E-state index < -0.39 is 0 Å². The highest BCUT2D eigenvalue weighted by atomic mass is 14.9. The number of nitrogens with one attached hydrogen (secondary N) is 1. The second kappa shape index (κ2) is 5.81. The molecule has 0 radical (unpaired) electrons. The van der Waals surface area contributed by atoms with Gasteiger partial charge in [-0.2, -0.15) is 0 Å². The van der Waals surface area contributed by atoms with Crippen LogP contribution in [0.4, 0.5) is 0 Å². The summed E-state index contributed by atoms with van der Waals surface area (Å²) in [6.45, 7) is 2.16. The van der Waals surface area contributed by atoms with E-state index in [1.54, 1.807) is 12.4 Å². The Bertz CT molecular complexity index is 779. The van der Waals surface area contributed by atoms with Crippen LogP contribution in [0.5, 0.6) is 0 Å². The third-order valence-corrected chi connectivity index (χ3v) is 4.33. The van der Waals surface area contributed by atoms with Gasteiger partial charge in [0.25, 0.3) is 0 Å². The minimum absolute atomic E-state index is 0.562. The van der Waals surface area contributed by atoms with Gasteiger partial charge in [0.15, 0.2) is 5.65 Å². The summed E-state index contributed by atoms with van der Waals surface area (Å²) in [4.78, 5) is 13.4. The second-order valence-electron chi connectivity index (χ2n) is 5.77. The van der Waals surface area contributed by atoms with E-state index in [9.17, 15) is 0 Å². The monoisotopic (exact) mass is 290 g/mol. The summed E-state index contributed by atoms with van der Waals surface area (Å²) in [6.07, 6.45) is 7.83. The molecule has 0 unspecified atom stereocenters. The summed E-state index contributed by atoms with van der Waals surface area (Å²) in [5.41, 5.74) is 4.25. The fourth-order valence-electron chi connectivity index (χ4n) is 3.07. The summed E-state index contributed by atoms with van der Waals surface area (Å²) in [6, 6.07) is 10.5. The lowest BCUT2D eigenvalue weighted by Crippen LogP contribution is -2.27. The highest BCUT2D eigenvalue weighted by Gasteiger charge is 2.16. The van der Waals surface area contributed by atoms with Gasteiger partial charge in [-0.25, -0.2) is 9.97 Å². The maximum absolute atomic E-state index is 4.78. The fraction of sp³-hybridized carbons (Fsp3) is 0.278. The molecule has 0 spiro atoms. The van der Waals surface area contributed by atoms with Gasteiger partial charge >= 0.3 is 0 Å². The van der Waals surface area contributed by atoms with Crippen molar-refractivity contribution >= 4 is 11.0 Å². The van der Waals surface area contributed by atoms with E-state index in [2.05, 4.69) is 33.5 Å². The Kier molecular flexibility index (Phi) is 3.52. The molecule has 110 valence electrons. The molecule has 3 aromatic heterocycles. The first kappa shape index (κ1) is 13.3. The Morgan fingerprint density at radius 1 is 0.955 bits per heavy atom. The van der Waals surface area contributed by atoms with Gasteiger partial charge in [0.1, 0.15) is 0 Å². The van der Waals surface area contributed by atoms with Crippen LogP contribution in [0.2, 0.25) is 0 Å². The van der Waals surface area contributed by atoms with Crippen molar-refractivity contribution in [3.8, 4) is 11.1 Å². The van der Waals surface area contributed by atoms with Crippen LogP contribution in [0, 0.1) is 0 Å². The Morgan fingerprint density at radius 2 is 1.77 bits per heavy atom. The number of nitrogens with zero attached hydrogens (tertiary/aromatic N) is 3. The zero-order valence-electron chi connectivity index (χ0n) is 12.4. The summed E-state index contributed by atoms with van der Waals surface area (Å²) in [5, 5.41) is 4.49. The molecule has 0 bridgehead atoms. The van der Waals surface area contributed by atoms with E-state index in [1.807, 2.05) is 18.3 Å². The first-order valence-electron chi connectivity index (χ1n) is 7.78. The minimum Gasteiger partial charge on any atom is -0.317 e. The topological polar surface area (TPSA) is 50.7 Å². The average molecular weight is 290 g/mol. The van der Waals surface area contributed by atoms with E-state index in [0.29, 0.717) is 5.92 Å². The van der Waals surface area contributed by atoms with Crippen LogP contribution in [0.15, 0.2) is 48.9 Å². The maximum atomic E-state index is 4.78. The Hall–Kier alpha value is -2.33. The van der Waals surface area contributed by atoms with Crippen molar-refractivity contribution in [1.82, 2.24) is 20.3 Å². The van der Waals surface area contributed by atoms with Crippen molar-refractivity contribution in [2.24, 2.45) is 0 Å². The number of rotatable bonds is 2. The zero-order chi connectivity index (χ0) is 14.8. The first-order chi connectivity index (χ1) is 10.9. The number of fused-ring (bicyclic) bond motifs is 1. The van der Waals surface area contributed by atoms with E-state index in [-0.39, 0.29) is 0 Å². The number of hydrogen-bond donors (Lipinski definition) is 1. The molecule has 4 heteroatoms. The van der Waals surface area contributed by atoms with Crippen molar-refractivity contribution in [1.29, 1.82) is 0 Å². The van der Waals surface area contributed by atoms with Crippen LogP contribution in [0.3, 0.4) is 0 Å². The van der Waals surface area contributed by atoms with Gasteiger partial charge in [-0.3, -0.25) is 4.98 Å². The lowest BCUT2D eigenvalue weighted by molar-refractivity contribution is 0.454. The summed E-state index contributed by atoms with van der Waals surface area (Å²) in [7, 11) is 0. The van der Waals surface area contributed by atoms with Crippen LogP contribution in [-0.2, 0) is 0 Å². The van der Waals surface area contributed by atoms with Gasteiger partial charge in [0.2, 0.25) is 0 Å². The average Bonchev–Trinajstić information content (AvgIpc) is 2.62. The van der Waals surface area contributed by atoms with Crippen LogP contribution >= 0.6 is 0 Å². The Morgan fingerprint density at radius 3 is 2.59 bits per heavy atom. The van der Waals surface area contributed by atoms with Gasteiger partial charge in [-0.1, -0.05) is 0 Å². The number of pyridine rings is 3. The molecule has 4 rings (SSSR count). The highest BCUT2D eigenvalue weighted by molar-refractivity contribution is 5.80. The van der Waals surface area contributed by atoms with E-state index in [1.165, 1.54) is 5.69 Å². The molecule has 4 nitrogen and oxygen atoms in total. The van der Waals surface area contributed by atoms with E-state index >= 15 is 0 Å². The van der Waals surface area contributed by atoms with E-state index in [4.69, 9.17) is 4.98 Å². The van der Waals surface area contributed by atoms with Crippen molar-refractivity contribution in [3.05, 3.63) is 54.6 Å². The SMILES string of the molecule is c1cc(-c2cnc3nc(C4CCNCC4)ccc3c2)ccn1. The molecule has 22 heavy (non-hydrogen) atoms.